The molecule has 4 aromatic carbocycles. The number of hydrogen-bond donors (Lipinski definition) is 2. The Hall–Kier alpha value is -5.05. The number of carbonyl (C=O) groups is 3. The number of anilines is 3. The van der Waals surface area contributed by atoms with Gasteiger partial charge < -0.3 is 20.0 Å². The number of aliphatic hydroxyl groups is 2. The Morgan fingerprint density at radius 3 is 2.41 bits per heavy atom. The third kappa shape index (κ3) is 5.73. The van der Waals surface area contributed by atoms with Gasteiger partial charge in [0.25, 0.3) is 5.91 Å². The topological polar surface area (TPSA) is 101 Å². The summed E-state index contributed by atoms with van der Waals surface area (Å²) in [7, 11) is 0. The van der Waals surface area contributed by atoms with Gasteiger partial charge in [-0.2, -0.15) is 0 Å². The van der Waals surface area contributed by atoms with E-state index in [4.69, 9.17) is 0 Å². The van der Waals surface area contributed by atoms with Gasteiger partial charge in [-0.15, -0.1) is 0 Å². The largest absolute Gasteiger partial charge is 0.394 e. The van der Waals surface area contributed by atoms with Gasteiger partial charge in [-0.25, -0.2) is 0 Å². The summed E-state index contributed by atoms with van der Waals surface area (Å²) in [5.41, 5.74) is 3.69. The zero-order chi connectivity index (χ0) is 32.3. The Kier molecular flexibility index (Phi) is 8.83. The van der Waals surface area contributed by atoms with Crippen molar-refractivity contribution in [1.82, 2.24) is 4.90 Å². The molecule has 4 aromatic rings. The molecule has 2 aliphatic rings. The zero-order valence-corrected chi connectivity index (χ0v) is 25.7. The molecule has 0 aliphatic carbocycles. The molecule has 234 valence electrons. The number of hydrogen-bond acceptors (Lipinski definition) is 5. The van der Waals surface area contributed by atoms with E-state index in [1.54, 1.807) is 45.9 Å². The van der Waals surface area contributed by atoms with E-state index in [0.29, 0.717) is 29.9 Å². The molecule has 0 unspecified atom stereocenters. The minimum Gasteiger partial charge on any atom is -0.394 e. The first-order chi connectivity index (χ1) is 22.3. The average Bonchev–Trinajstić information content (AvgIpc) is 3.31. The number of aliphatic hydroxyl groups excluding tert-OH is 1. The minimum absolute atomic E-state index is 0.0834. The predicted molar refractivity (Wildman–Crippen MR) is 177 cm³/mol. The number of para-hydroxylation sites is 2. The summed E-state index contributed by atoms with van der Waals surface area (Å²) in [6.45, 7) is 2.28. The van der Waals surface area contributed by atoms with Crippen molar-refractivity contribution in [2.45, 2.75) is 44.5 Å². The Labute approximate surface area is 268 Å². The highest BCUT2D eigenvalue weighted by molar-refractivity contribution is 6.07. The quantitative estimate of drug-likeness (QED) is 0.188. The van der Waals surface area contributed by atoms with E-state index in [2.05, 4.69) is 0 Å². The smallest absolute Gasteiger partial charge is 0.264 e. The van der Waals surface area contributed by atoms with Crippen LogP contribution >= 0.6 is 0 Å². The fourth-order valence-corrected chi connectivity index (χ4v) is 6.58. The fourth-order valence-electron chi connectivity index (χ4n) is 6.58. The SMILES string of the molecule is C[C@@H](/C=C/CC(=O)N1Cc2ccccc2C[C@H]1CO)[C@]1(O)C(=O)N(Cc2cccc(N(C=O)c3ccccc3)c2)c2ccccc21. The maximum atomic E-state index is 14.0. The van der Waals surface area contributed by atoms with Crippen LogP contribution in [0.1, 0.15) is 35.6 Å². The number of rotatable bonds is 10. The van der Waals surface area contributed by atoms with Gasteiger partial charge in [0, 0.05) is 35.8 Å². The lowest BCUT2D eigenvalue weighted by Gasteiger charge is -2.36. The molecule has 0 fully saturated rings. The van der Waals surface area contributed by atoms with Crippen molar-refractivity contribution >= 4 is 35.3 Å². The first kappa shape index (κ1) is 31.0. The monoisotopic (exact) mass is 615 g/mol. The maximum absolute atomic E-state index is 14.0. The van der Waals surface area contributed by atoms with E-state index in [1.807, 2.05) is 91.0 Å². The Morgan fingerprint density at radius 2 is 1.65 bits per heavy atom. The number of carbonyl (C=O) groups excluding carboxylic acids is 3. The van der Waals surface area contributed by atoms with Crippen molar-refractivity contribution in [1.29, 1.82) is 0 Å². The van der Waals surface area contributed by atoms with Gasteiger partial charge in [0.2, 0.25) is 12.3 Å². The van der Waals surface area contributed by atoms with Crippen LogP contribution in [-0.2, 0) is 39.5 Å². The first-order valence-electron chi connectivity index (χ1n) is 15.5. The molecule has 0 spiro atoms. The molecule has 0 aromatic heterocycles. The first-order valence-corrected chi connectivity index (χ1v) is 15.5. The number of nitrogens with zero attached hydrogens (tertiary/aromatic N) is 3. The van der Waals surface area contributed by atoms with Gasteiger partial charge in [-0.05, 0) is 53.4 Å². The van der Waals surface area contributed by atoms with Crippen molar-refractivity contribution in [2.24, 2.45) is 5.92 Å². The molecule has 0 bridgehead atoms. The average molecular weight is 616 g/mol. The van der Waals surface area contributed by atoms with Gasteiger partial charge in [-0.1, -0.05) is 91.9 Å². The summed E-state index contributed by atoms with van der Waals surface area (Å²) in [5, 5.41) is 22.0. The zero-order valence-electron chi connectivity index (χ0n) is 25.7. The number of fused-ring (bicyclic) bond motifs is 2. The molecule has 46 heavy (non-hydrogen) atoms. The van der Waals surface area contributed by atoms with Crippen molar-refractivity contribution in [3.05, 3.63) is 138 Å². The summed E-state index contributed by atoms with van der Waals surface area (Å²) in [5.74, 6) is -1.21. The van der Waals surface area contributed by atoms with Crippen LogP contribution < -0.4 is 9.80 Å². The summed E-state index contributed by atoms with van der Waals surface area (Å²) in [4.78, 5) is 44.2. The van der Waals surface area contributed by atoms with Crippen molar-refractivity contribution in [2.75, 3.05) is 16.4 Å². The summed E-state index contributed by atoms with van der Waals surface area (Å²) in [6.07, 6.45) is 4.88. The van der Waals surface area contributed by atoms with Crippen molar-refractivity contribution < 1.29 is 24.6 Å². The highest BCUT2D eigenvalue weighted by Crippen LogP contribution is 2.45. The lowest BCUT2D eigenvalue weighted by atomic mass is 9.83. The number of amides is 3. The maximum Gasteiger partial charge on any atom is 0.264 e. The van der Waals surface area contributed by atoms with Crippen LogP contribution in [-0.4, -0.2) is 46.0 Å². The highest BCUT2D eigenvalue weighted by Gasteiger charge is 2.52. The van der Waals surface area contributed by atoms with Crippen molar-refractivity contribution in [3.63, 3.8) is 0 Å². The minimum atomic E-state index is -1.83. The van der Waals surface area contributed by atoms with Gasteiger partial charge >= 0.3 is 0 Å². The lowest BCUT2D eigenvalue weighted by molar-refractivity contribution is -0.139. The van der Waals surface area contributed by atoms with E-state index < -0.39 is 17.4 Å². The van der Waals surface area contributed by atoms with Gasteiger partial charge in [0.1, 0.15) is 0 Å². The Morgan fingerprint density at radius 1 is 0.957 bits per heavy atom. The fraction of sp³-hybridized carbons (Fsp3) is 0.237. The second kappa shape index (κ2) is 13.1. The van der Waals surface area contributed by atoms with E-state index in [9.17, 15) is 24.6 Å². The van der Waals surface area contributed by atoms with Crippen LogP contribution in [0.5, 0.6) is 0 Å². The lowest BCUT2D eigenvalue weighted by Crippen LogP contribution is -2.46. The molecule has 6 rings (SSSR count). The molecule has 0 saturated carbocycles. The third-order valence-electron chi connectivity index (χ3n) is 9.11. The van der Waals surface area contributed by atoms with Crippen LogP contribution in [0.3, 0.4) is 0 Å². The molecule has 8 heteroatoms. The molecule has 3 atom stereocenters. The van der Waals surface area contributed by atoms with E-state index in [0.717, 1.165) is 28.8 Å². The summed E-state index contributed by atoms with van der Waals surface area (Å²) < 4.78 is 0. The third-order valence-corrected chi connectivity index (χ3v) is 9.11. The van der Waals surface area contributed by atoms with Crippen LogP contribution in [0.2, 0.25) is 0 Å². The van der Waals surface area contributed by atoms with Crippen LogP contribution in [0.4, 0.5) is 17.1 Å². The van der Waals surface area contributed by atoms with E-state index in [-0.39, 0.29) is 31.5 Å². The molecular formula is C38H37N3O5. The Bertz CT molecular complexity index is 1770. The predicted octanol–water partition coefficient (Wildman–Crippen LogP) is 5.24. The summed E-state index contributed by atoms with van der Waals surface area (Å²) >= 11 is 0. The second-order valence-electron chi connectivity index (χ2n) is 11.9. The van der Waals surface area contributed by atoms with E-state index in [1.165, 1.54) is 0 Å². The van der Waals surface area contributed by atoms with Gasteiger partial charge in [0.15, 0.2) is 5.60 Å². The van der Waals surface area contributed by atoms with Crippen LogP contribution in [0.25, 0.3) is 0 Å². The van der Waals surface area contributed by atoms with Crippen molar-refractivity contribution in [3.8, 4) is 0 Å². The molecule has 2 N–H and O–H groups in total. The molecule has 2 heterocycles. The van der Waals surface area contributed by atoms with Crippen LogP contribution in [0.15, 0.2) is 115 Å². The summed E-state index contributed by atoms with van der Waals surface area (Å²) in [6, 6.07) is 31.6. The number of benzene rings is 4. The van der Waals surface area contributed by atoms with E-state index >= 15 is 0 Å². The highest BCUT2D eigenvalue weighted by atomic mass is 16.3. The molecule has 8 nitrogen and oxygen atoms in total. The molecule has 0 saturated heterocycles. The Balaban J connectivity index is 1.19. The van der Waals surface area contributed by atoms with Crippen LogP contribution in [0, 0.1) is 5.92 Å². The van der Waals surface area contributed by atoms with Gasteiger partial charge in [0.05, 0.1) is 24.9 Å². The molecular weight excluding hydrogens is 578 g/mol. The molecule has 2 aliphatic heterocycles. The second-order valence-corrected chi connectivity index (χ2v) is 11.9. The normalized spacial score (nSPS) is 19.5. The molecule has 0 radical (unpaired) electrons. The molecule has 3 amide bonds. The van der Waals surface area contributed by atoms with Gasteiger partial charge in [-0.3, -0.25) is 19.3 Å². The standard InChI is InChI=1S/C38H37N3O5/c1-27(11-9-20-36(44)39-24-30-14-6-5-13-29(30)22-33(39)25-42)38(46)34-18-7-8-19-35(34)40(37(38)45)23-28-12-10-17-32(21-28)41(26-43)31-15-3-2-4-16-31/h2-19,21,26-27,33,42,46H,20,22-25H2,1H3/b11-9+/t27-,33-,38+/m0/s1.